The Kier molecular flexibility index (Phi) is 5.66. The van der Waals surface area contributed by atoms with Crippen molar-refractivity contribution in [3.8, 4) is 0 Å². The summed E-state index contributed by atoms with van der Waals surface area (Å²) in [5.74, 6) is 0.0714. The standard InChI is InChI=1S/C26H28N2O/c1-3-22(20-12-6-4-7-13-20)26(29)28-19(2)18-24(23-16-10-11-17-25(23)28)27-21-14-8-5-9-15-21/h4-17,19,22,24,27H,3,18H2,1-2H3/t19-,22+,24+/m1/s1. The van der Waals surface area contributed by atoms with Crippen LogP contribution in [0.3, 0.4) is 0 Å². The zero-order valence-corrected chi connectivity index (χ0v) is 17.1. The highest BCUT2D eigenvalue weighted by Crippen LogP contribution is 2.40. The molecule has 1 amide bonds. The number of hydrogen-bond donors (Lipinski definition) is 1. The van der Waals surface area contributed by atoms with Crippen LogP contribution in [0, 0.1) is 0 Å². The SMILES string of the molecule is CC[C@H](C(=O)N1c2ccccc2[C@@H](Nc2ccccc2)C[C@H]1C)c1ccccc1. The summed E-state index contributed by atoms with van der Waals surface area (Å²) in [4.78, 5) is 15.7. The molecule has 3 atom stereocenters. The summed E-state index contributed by atoms with van der Waals surface area (Å²) in [7, 11) is 0. The van der Waals surface area contributed by atoms with Gasteiger partial charge in [-0.1, -0.05) is 73.7 Å². The number of anilines is 2. The number of carbonyl (C=O) groups is 1. The van der Waals surface area contributed by atoms with E-state index in [0.717, 1.165) is 29.8 Å². The van der Waals surface area contributed by atoms with Crippen molar-refractivity contribution in [1.29, 1.82) is 0 Å². The van der Waals surface area contributed by atoms with Gasteiger partial charge in [0.25, 0.3) is 0 Å². The van der Waals surface area contributed by atoms with Gasteiger partial charge < -0.3 is 10.2 Å². The van der Waals surface area contributed by atoms with Crippen LogP contribution in [0.5, 0.6) is 0 Å². The number of carbonyl (C=O) groups excluding carboxylic acids is 1. The summed E-state index contributed by atoms with van der Waals surface area (Å²) in [5, 5.41) is 3.66. The Morgan fingerprint density at radius 1 is 0.966 bits per heavy atom. The van der Waals surface area contributed by atoms with Gasteiger partial charge in [-0.3, -0.25) is 4.79 Å². The summed E-state index contributed by atoms with van der Waals surface area (Å²) in [6, 6.07) is 29.1. The van der Waals surface area contributed by atoms with Gasteiger partial charge in [0.1, 0.15) is 0 Å². The second-order valence-corrected chi connectivity index (χ2v) is 7.79. The highest BCUT2D eigenvalue weighted by Gasteiger charge is 2.36. The maximum absolute atomic E-state index is 13.7. The van der Waals surface area contributed by atoms with Crippen molar-refractivity contribution in [3.63, 3.8) is 0 Å². The van der Waals surface area contributed by atoms with Gasteiger partial charge in [-0.05, 0) is 49.1 Å². The number of benzene rings is 3. The fraction of sp³-hybridized carbons (Fsp3) is 0.269. The Morgan fingerprint density at radius 2 is 1.59 bits per heavy atom. The molecule has 3 nitrogen and oxygen atoms in total. The van der Waals surface area contributed by atoms with E-state index in [-0.39, 0.29) is 23.9 Å². The molecule has 1 heterocycles. The number of nitrogens with one attached hydrogen (secondary N) is 1. The van der Waals surface area contributed by atoms with Crippen molar-refractivity contribution in [3.05, 3.63) is 96.1 Å². The molecule has 0 bridgehead atoms. The van der Waals surface area contributed by atoms with E-state index in [1.54, 1.807) is 0 Å². The predicted octanol–water partition coefficient (Wildman–Crippen LogP) is 6.16. The van der Waals surface area contributed by atoms with E-state index >= 15 is 0 Å². The van der Waals surface area contributed by atoms with Gasteiger partial charge in [-0.15, -0.1) is 0 Å². The number of hydrogen-bond acceptors (Lipinski definition) is 2. The Bertz CT molecular complexity index is 955. The Labute approximate surface area is 173 Å². The van der Waals surface area contributed by atoms with E-state index in [4.69, 9.17) is 0 Å². The van der Waals surface area contributed by atoms with Gasteiger partial charge in [0.05, 0.1) is 12.0 Å². The monoisotopic (exact) mass is 384 g/mol. The largest absolute Gasteiger partial charge is 0.378 e. The molecule has 4 rings (SSSR count). The molecule has 3 heteroatoms. The minimum atomic E-state index is -0.120. The molecular weight excluding hydrogens is 356 g/mol. The Hall–Kier alpha value is -3.07. The third-order valence-electron chi connectivity index (χ3n) is 5.85. The van der Waals surface area contributed by atoms with Gasteiger partial charge in [-0.25, -0.2) is 0 Å². The quantitative estimate of drug-likeness (QED) is 0.571. The van der Waals surface area contributed by atoms with Crippen LogP contribution in [0.4, 0.5) is 11.4 Å². The molecule has 0 saturated heterocycles. The average molecular weight is 385 g/mol. The molecule has 148 valence electrons. The summed E-state index contributed by atoms with van der Waals surface area (Å²) in [6.45, 7) is 4.25. The lowest BCUT2D eigenvalue weighted by Gasteiger charge is -2.41. The molecule has 1 aliphatic rings. The fourth-order valence-corrected chi connectivity index (χ4v) is 4.43. The van der Waals surface area contributed by atoms with Crippen molar-refractivity contribution >= 4 is 17.3 Å². The molecular formula is C26H28N2O. The lowest BCUT2D eigenvalue weighted by molar-refractivity contribution is -0.120. The van der Waals surface area contributed by atoms with Crippen molar-refractivity contribution in [1.82, 2.24) is 0 Å². The first-order valence-electron chi connectivity index (χ1n) is 10.5. The van der Waals surface area contributed by atoms with Crippen LogP contribution in [0.2, 0.25) is 0 Å². The summed E-state index contributed by atoms with van der Waals surface area (Å²) >= 11 is 0. The molecule has 1 aliphatic heterocycles. The molecule has 3 aromatic carbocycles. The van der Waals surface area contributed by atoms with Gasteiger partial charge in [0.2, 0.25) is 5.91 Å². The molecule has 0 spiro atoms. The topological polar surface area (TPSA) is 32.3 Å². The highest BCUT2D eigenvalue weighted by molar-refractivity contribution is 5.99. The van der Waals surface area contributed by atoms with Crippen molar-refractivity contribution in [2.45, 2.75) is 44.7 Å². The Balaban J connectivity index is 1.67. The van der Waals surface area contributed by atoms with Crippen LogP contribution >= 0.6 is 0 Å². The fourth-order valence-electron chi connectivity index (χ4n) is 4.43. The molecule has 0 fully saturated rings. The first-order valence-corrected chi connectivity index (χ1v) is 10.5. The molecule has 0 unspecified atom stereocenters. The number of amides is 1. The summed E-state index contributed by atoms with van der Waals surface area (Å²) < 4.78 is 0. The third kappa shape index (κ3) is 3.91. The maximum atomic E-state index is 13.7. The lowest BCUT2D eigenvalue weighted by atomic mass is 9.88. The van der Waals surface area contributed by atoms with E-state index in [1.165, 1.54) is 5.56 Å². The van der Waals surface area contributed by atoms with E-state index in [9.17, 15) is 4.79 Å². The second kappa shape index (κ2) is 8.52. The molecule has 0 aromatic heterocycles. The zero-order chi connectivity index (χ0) is 20.2. The van der Waals surface area contributed by atoms with Crippen LogP contribution in [-0.4, -0.2) is 11.9 Å². The predicted molar refractivity (Wildman–Crippen MR) is 120 cm³/mol. The van der Waals surface area contributed by atoms with Gasteiger partial charge in [-0.2, -0.15) is 0 Å². The van der Waals surface area contributed by atoms with Crippen LogP contribution in [-0.2, 0) is 4.79 Å². The second-order valence-electron chi connectivity index (χ2n) is 7.79. The van der Waals surface area contributed by atoms with E-state index in [0.29, 0.717) is 0 Å². The molecule has 0 radical (unpaired) electrons. The number of nitrogens with zero attached hydrogens (tertiary/aromatic N) is 1. The van der Waals surface area contributed by atoms with Gasteiger partial charge in [0.15, 0.2) is 0 Å². The third-order valence-corrected chi connectivity index (χ3v) is 5.85. The molecule has 0 aliphatic carbocycles. The summed E-state index contributed by atoms with van der Waals surface area (Å²) in [5.41, 5.74) is 4.41. The lowest BCUT2D eigenvalue weighted by Crippen LogP contribution is -2.46. The number of fused-ring (bicyclic) bond motifs is 1. The van der Waals surface area contributed by atoms with Crippen molar-refractivity contribution in [2.75, 3.05) is 10.2 Å². The van der Waals surface area contributed by atoms with E-state index < -0.39 is 0 Å². The molecule has 3 aromatic rings. The van der Waals surface area contributed by atoms with E-state index in [1.807, 2.05) is 47.4 Å². The first kappa shape index (κ1) is 19.3. The first-order chi connectivity index (χ1) is 14.2. The van der Waals surface area contributed by atoms with Gasteiger partial charge in [0, 0.05) is 17.4 Å². The molecule has 1 N–H and O–H groups in total. The van der Waals surface area contributed by atoms with Gasteiger partial charge >= 0.3 is 0 Å². The van der Waals surface area contributed by atoms with E-state index in [2.05, 4.69) is 61.6 Å². The smallest absolute Gasteiger partial charge is 0.234 e. The van der Waals surface area contributed by atoms with Crippen molar-refractivity contribution in [2.24, 2.45) is 0 Å². The van der Waals surface area contributed by atoms with Crippen LogP contribution in [0.15, 0.2) is 84.9 Å². The average Bonchev–Trinajstić information content (AvgIpc) is 2.76. The van der Waals surface area contributed by atoms with Crippen molar-refractivity contribution < 1.29 is 4.79 Å². The highest BCUT2D eigenvalue weighted by atomic mass is 16.2. The normalized spacial score (nSPS) is 19.3. The van der Waals surface area contributed by atoms with Crippen LogP contribution in [0.25, 0.3) is 0 Å². The zero-order valence-electron chi connectivity index (χ0n) is 17.1. The molecule has 0 saturated carbocycles. The summed E-state index contributed by atoms with van der Waals surface area (Å²) in [6.07, 6.45) is 1.67. The minimum absolute atomic E-state index is 0.120. The van der Waals surface area contributed by atoms with Crippen LogP contribution < -0.4 is 10.2 Å². The van der Waals surface area contributed by atoms with Crippen LogP contribution in [0.1, 0.15) is 49.8 Å². The number of para-hydroxylation sites is 2. The Morgan fingerprint density at radius 3 is 2.28 bits per heavy atom. The maximum Gasteiger partial charge on any atom is 0.234 e. The minimum Gasteiger partial charge on any atom is -0.378 e. The number of rotatable bonds is 5. The molecule has 29 heavy (non-hydrogen) atoms.